The van der Waals surface area contributed by atoms with Crippen LogP contribution < -0.4 is 0 Å². The number of amides is 1. The molecule has 1 saturated heterocycles. The number of aromatic nitrogens is 1. The second-order valence-electron chi connectivity index (χ2n) is 4.48. The fraction of sp³-hybridized carbons (Fsp3) is 0.500. The Morgan fingerprint density at radius 2 is 2.41 bits per heavy atom. The number of hydrogen-bond acceptors (Lipinski definition) is 2. The molecule has 3 nitrogen and oxygen atoms in total. The van der Waals surface area contributed by atoms with Crippen molar-refractivity contribution in [3.05, 3.63) is 27.5 Å². The highest BCUT2D eigenvalue weighted by Crippen LogP contribution is 2.23. The van der Waals surface area contributed by atoms with Crippen LogP contribution in [0.2, 0.25) is 5.02 Å². The summed E-state index contributed by atoms with van der Waals surface area (Å²) in [6.07, 6.45) is 3.85. The van der Waals surface area contributed by atoms with Gasteiger partial charge in [0.1, 0.15) is 5.69 Å². The van der Waals surface area contributed by atoms with Crippen LogP contribution in [0.1, 0.15) is 30.3 Å². The second kappa shape index (κ2) is 5.36. The smallest absolute Gasteiger partial charge is 0.274 e. The maximum atomic E-state index is 12.2. The maximum Gasteiger partial charge on any atom is 0.274 e. The molecule has 2 heterocycles. The molecule has 0 bridgehead atoms. The van der Waals surface area contributed by atoms with Crippen LogP contribution in [0.15, 0.2) is 16.7 Å². The monoisotopic (exact) mass is 316 g/mol. The van der Waals surface area contributed by atoms with Crippen LogP contribution >= 0.6 is 27.5 Å². The standard InChI is InChI=1S/C12H14BrClN2O/c1-8-3-2-4-16(7-8)12(17)11-10(14)5-9(13)6-15-11/h5-6,8H,2-4,7H2,1H3. The highest BCUT2D eigenvalue weighted by Gasteiger charge is 2.24. The summed E-state index contributed by atoms with van der Waals surface area (Å²) >= 11 is 9.32. The quantitative estimate of drug-likeness (QED) is 0.795. The summed E-state index contributed by atoms with van der Waals surface area (Å²) < 4.78 is 0.783. The molecule has 0 N–H and O–H groups in total. The zero-order valence-corrected chi connectivity index (χ0v) is 12.0. The first kappa shape index (κ1) is 12.8. The summed E-state index contributed by atoms with van der Waals surface area (Å²) in [4.78, 5) is 18.2. The minimum atomic E-state index is -0.0611. The van der Waals surface area contributed by atoms with E-state index in [1.807, 2.05) is 4.90 Å². The molecule has 1 unspecified atom stereocenters. The Morgan fingerprint density at radius 3 is 3.06 bits per heavy atom. The van der Waals surface area contributed by atoms with Gasteiger partial charge in [0, 0.05) is 23.8 Å². The summed E-state index contributed by atoms with van der Waals surface area (Å²) in [5, 5.41) is 0.405. The van der Waals surface area contributed by atoms with E-state index >= 15 is 0 Å². The highest BCUT2D eigenvalue weighted by atomic mass is 79.9. The van der Waals surface area contributed by atoms with E-state index in [9.17, 15) is 4.79 Å². The van der Waals surface area contributed by atoms with Gasteiger partial charge in [-0.2, -0.15) is 0 Å². The first-order valence-electron chi connectivity index (χ1n) is 5.68. The topological polar surface area (TPSA) is 33.2 Å². The number of carbonyl (C=O) groups is 1. The van der Waals surface area contributed by atoms with Crippen LogP contribution in [0, 0.1) is 5.92 Å². The van der Waals surface area contributed by atoms with Gasteiger partial charge in [0.2, 0.25) is 0 Å². The Morgan fingerprint density at radius 1 is 1.65 bits per heavy atom. The van der Waals surface area contributed by atoms with Gasteiger partial charge >= 0.3 is 0 Å². The molecule has 92 valence electrons. The van der Waals surface area contributed by atoms with E-state index in [2.05, 4.69) is 27.8 Å². The lowest BCUT2D eigenvalue weighted by Crippen LogP contribution is -2.39. The van der Waals surface area contributed by atoms with Crippen molar-refractivity contribution in [2.75, 3.05) is 13.1 Å². The van der Waals surface area contributed by atoms with Crippen LogP contribution in [0.5, 0.6) is 0 Å². The zero-order chi connectivity index (χ0) is 12.4. The number of rotatable bonds is 1. The molecule has 2 rings (SSSR count). The minimum absolute atomic E-state index is 0.0611. The Labute approximate surface area is 114 Å². The predicted molar refractivity (Wildman–Crippen MR) is 71.2 cm³/mol. The minimum Gasteiger partial charge on any atom is -0.337 e. The van der Waals surface area contributed by atoms with Crippen LogP contribution in [0.25, 0.3) is 0 Å². The Kier molecular flexibility index (Phi) is 4.05. The highest BCUT2D eigenvalue weighted by molar-refractivity contribution is 9.10. The molecule has 17 heavy (non-hydrogen) atoms. The molecule has 1 aromatic heterocycles. The molecule has 1 aliphatic rings. The molecule has 0 aromatic carbocycles. The number of piperidine rings is 1. The van der Waals surface area contributed by atoms with Crippen LogP contribution in [0.4, 0.5) is 0 Å². The van der Waals surface area contributed by atoms with Gasteiger partial charge in [-0.05, 0) is 40.8 Å². The van der Waals surface area contributed by atoms with E-state index in [0.717, 1.165) is 24.0 Å². The Bertz CT molecular complexity index is 439. The van der Waals surface area contributed by atoms with Crippen molar-refractivity contribution in [2.24, 2.45) is 5.92 Å². The lowest BCUT2D eigenvalue weighted by Gasteiger charge is -2.30. The summed E-state index contributed by atoms with van der Waals surface area (Å²) in [5.41, 5.74) is 0.351. The number of nitrogens with zero attached hydrogens (tertiary/aromatic N) is 2. The van der Waals surface area contributed by atoms with Crippen LogP contribution in [-0.4, -0.2) is 28.9 Å². The van der Waals surface area contributed by atoms with Crippen molar-refractivity contribution in [2.45, 2.75) is 19.8 Å². The van der Waals surface area contributed by atoms with Gasteiger partial charge in [-0.25, -0.2) is 4.98 Å². The third-order valence-electron chi connectivity index (χ3n) is 2.95. The van der Waals surface area contributed by atoms with E-state index in [0.29, 0.717) is 16.6 Å². The summed E-state index contributed by atoms with van der Waals surface area (Å²) in [5.74, 6) is 0.496. The fourth-order valence-electron chi connectivity index (χ4n) is 2.10. The Balaban J connectivity index is 2.18. The molecule has 1 amide bonds. The van der Waals surface area contributed by atoms with Gasteiger partial charge in [0.05, 0.1) is 5.02 Å². The van der Waals surface area contributed by atoms with Crippen molar-refractivity contribution in [1.82, 2.24) is 9.88 Å². The number of hydrogen-bond donors (Lipinski definition) is 0. The van der Waals surface area contributed by atoms with Gasteiger partial charge in [0.15, 0.2) is 0 Å². The fourth-order valence-corrected chi connectivity index (χ4v) is 2.81. The van der Waals surface area contributed by atoms with Crippen molar-refractivity contribution in [1.29, 1.82) is 0 Å². The first-order valence-corrected chi connectivity index (χ1v) is 6.85. The molecule has 0 aliphatic carbocycles. The van der Waals surface area contributed by atoms with Crippen molar-refractivity contribution in [3.8, 4) is 0 Å². The number of likely N-dealkylation sites (tertiary alicyclic amines) is 1. The second-order valence-corrected chi connectivity index (χ2v) is 5.81. The van der Waals surface area contributed by atoms with Gasteiger partial charge in [-0.15, -0.1) is 0 Å². The Hall–Kier alpha value is -0.610. The molecule has 1 aliphatic heterocycles. The third kappa shape index (κ3) is 2.99. The lowest BCUT2D eigenvalue weighted by molar-refractivity contribution is 0.0677. The number of carbonyl (C=O) groups excluding carboxylic acids is 1. The summed E-state index contributed by atoms with van der Waals surface area (Å²) in [7, 11) is 0. The third-order valence-corrected chi connectivity index (χ3v) is 3.68. The first-order chi connectivity index (χ1) is 8.08. The molecule has 0 spiro atoms. The van der Waals surface area contributed by atoms with Crippen molar-refractivity contribution < 1.29 is 4.79 Å². The van der Waals surface area contributed by atoms with E-state index < -0.39 is 0 Å². The normalized spacial score (nSPS) is 20.4. The van der Waals surface area contributed by atoms with Gasteiger partial charge in [0.25, 0.3) is 5.91 Å². The number of halogens is 2. The largest absolute Gasteiger partial charge is 0.337 e. The molecule has 1 atom stereocenters. The van der Waals surface area contributed by atoms with Crippen molar-refractivity contribution >= 4 is 33.4 Å². The van der Waals surface area contributed by atoms with E-state index in [1.165, 1.54) is 6.42 Å². The molecule has 0 radical (unpaired) electrons. The van der Waals surface area contributed by atoms with E-state index in [4.69, 9.17) is 11.6 Å². The van der Waals surface area contributed by atoms with E-state index in [-0.39, 0.29) is 5.91 Å². The average molecular weight is 318 g/mol. The molecular weight excluding hydrogens is 304 g/mol. The van der Waals surface area contributed by atoms with E-state index in [1.54, 1.807) is 12.3 Å². The zero-order valence-electron chi connectivity index (χ0n) is 9.62. The summed E-state index contributed by atoms with van der Waals surface area (Å²) in [6, 6.07) is 1.70. The summed E-state index contributed by atoms with van der Waals surface area (Å²) in [6.45, 7) is 3.76. The molecular formula is C12H14BrClN2O. The SMILES string of the molecule is CC1CCCN(C(=O)c2ncc(Br)cc2Cl)C1. The lowest BCUT2D eigenvalue weighted by atomic mass is 10.00. The molecule has 0 saturated carbocycles. The average Bonchev–Trinajstić information content (AvgIpc) is 2.28. The number of pyridine rings is 1. The van der Waals surface area contributed by atoms with Crippen molar-refractivity contribution in [3.63, 3.8) is 0 Å². The van der Waals surface area contributed by atoms with Gasteiger partial charge < -0.3 is 4.90 Å². The molecule has 5 heteroatoms. The van der Waals surface area contributed by atoms with Gasteiger partial charge in [-0.1, -0.05) is 18.5 Å². The maximum absolute atomic E-state index is 12.2. The molecule has 1 fully saturated rings. The van der Waals surface area contributed by atoms with Gasteiger partial charge in [-0.3, -0.25) is 4.79 Å². The molecule has 1 aromatic rings. The van der Waals surface area contributed by atoms with Crippen LogP contribution in [0.3, 0.4) is 0 Å². The van der Waals surface area contributed by atoms with Crippen LogP contribution in [-0.2, 0) is 0 Å². The predicted octanol–water partition coefficient (Wildman–Crippen LogP) is 3.37.